The fourth-order valence-corrected chi connectivity index (χ4v) is 4.77. The lowest BCUT2D eigenvalue weighted by Crippen LogP contribution is -2.00. The number of aromatic hydroxyl groups is 2. The minimum Gasteiger partial charge on any atom is -0.506 e. The van der Waals surface area contributed by atoms with Crippen molar-refractivity contribution < 1.29 is 10.2 Å². The molecule has 4 aromatic carbocycles. The smallest absolute Gasteiger partial charge is 0.157 e. The van der Waals surface area contributed by atoms with Crippen molar-refractivity contribution in [2.75, 3.05) is 11.5 Å². The fourth-order valence-electron chi connectivity index (χ4n) is 4.15. The van der Waals surface area contributed by atoms with Gasteiger partial charge in [0.2, 0.25) is 0 Å². The number of phenolic OH excluding ortho intramolecular Hbond substituents is 2. The molecule has 43 heavy (non-hydrogen) atoms. The summed E-state index contributed by atoms with van der Waals surface area (Å²) in [5.41, 5.74) is 17.6. The summed E-state index contributed by atoms with van der Waals surface area (Å²) in [7, 11) is 0. The molecule has 6 rings (SSSR count). The molecule has 0 radical (unpaired) electrons. The van der Waals surface area contributed by atoms with Crippen LogP contribution in [-0.4, -0.2) is 30.1 Å². The van der Waals surface area contributed by atoms with Gasteiger partial charge in [0.25, 0.3) is 0 Å². The summed E-state index contributed by atoms with van der Waals surface area (Å²) in [4.78, 5) is 17.7. The average molecular weight is 674 g/mol. The lowest BCUT2D eigenvalue weighted by Gasteiger charge is -2.11. The molecular weight excluding hydrogens is 651 g/mol. The van der Waals surface area contributed by atoms with Crippen LogP contribution < -0.4 is 11.5 Å². The molecule has 0 unspecified atom stereocenters. The van der Waals surface area contributed by atoms with Gasteiger partial charge in [0.15, 0.2) is 5.82 Å². The molecule has 11 heteroatoms. The van der Waals surface area contributed by atoms with E-state index < -0.39 is 0 Å². The van der Waals surface area contributed by atoms with E-state index in [1.807, 2.05) is 60.7 Å². The van der Waals surface area contributed by atoms with Gasteiger partial charge >= 0.3 is 0 Å². The van der Waals surface area contributed by atoms with E-state index in [0.29, 0.717) is 39.0 Å². The number of nitrogens with zero attached hydrogens (tertiary/aromatic N) is 4. The molecule has 0 atom stereocenters. The second kappa shape index (κ2) is 13.1. The van der Waals surface area contributed by atoms with Crippen molar-refractivity contribution in [2.45, 2.75) is 0 Å². The molecular formula is C32H23BrCl2N6O2. The zero-order chi connectivity index (χ0) is 30.5. The van der Waals surface area contributed by atoms with Crippen LogP contribution in [-0.2, 0) is 0 Å². The summed E-state index contributed by atoms with van der Waals surface area (Å²) in [6.45, 7) is 0. The van der Waals surface area contributed by atoms with Crippen LogP contribution in [0, 0.1) is 0 Å². The van der Waals surface area contributed by atoms with Crippen LogP contribution >= 0.6 is 39.1 Å². The molecule has 8 nitrogen and oxygen atoms in total. The normalized spacial score (nSPS) is 10.6. The van der Waals surface area contributed by atoms with Crippen LogP contribution in [0.25, 0.3) is 45.0 Å². The quantitative estimate of drug-likeness (QED) is 0.146. The summed E-state index contributed by atoms with van der Waals surface area (Å²) in [5.74, 6) is 0.663. The Morgan fingerprint density at radius 1 is 0.558 bits per heavy atom. The van der Waals surface area contributed by atoms with Gasteiger partial charge in [-0.2, -0.15) is 0 Å². The molecule has 6 aromatic rings. The maximum Gasteiger partial charge on any atom is 0.157 e. The Balaban J connectivity index is 0.000000171. The molecule has 6 N–H and O–H groups in total. The van der Waals surface area contributed by atoms with Gasteiger partial charge in [0, 0.05) is 22.3 Å². The van der Waals surface area contributed by atoms with Gasteiger partial charge in [-0.25, -0.2) is 15.0 Å². The third-order valence-electron chi connectivity index (χ3n) is 6.21. The predicted octanol–water partition coefficient (Wildman–Crippen LogP) is 8.27. The standard InChI is InChI=1S/C16H11BrClN3O.C16H12ClN3O/c17-15-16(19)21-14(10-6-7-12(22)11(18)8-10)13(20-15)9-4-2-1-3-5-9;17-12-8-11(6-7-13(12)21)16-15(19-9-14(18)20-16)10-4-2-1-3-5-10/h1-8,22H,(H2,19,21);1-9,21H,(H2,18,20). The number of nitrogens with two attached hydrogens (primary N) is 2. The van der Waals surface area contributed by atoms with Gasteiger partial charge in [0.1, 0.15) is 21.9 Å². The van der Waals surface area contributed by atoms with E-state index in [2.05, 4.69) is 35.9 Å². The average Bonchev–Trinajstić information content (AvgIpc) is 3.02. The number of anilines is 2. The Kier molecular flexibility index (Phi) is 9.06. The van der Waals surface area contributed by atoms with Crippen LogP contribution in [0.15, 0.2) is 108 Å². The molecule has 0 aliphatic heterocycles. The third-order valence-corrected chi connectivity index (χ3v) is 7.39. The van der Waals surface area contributed by atoms with Gasteiger partial charge < -0.3 is 21.7 Å². The third kappa shape index (κ3) is 6.86. The van der Waals surface area contributed by atoms with E-state index in [4.69, 9.17) is 34.7 Å². The summed E-state index contributed by atoms with van der Waals surface area (Å²) in [5, 5.41) is 19.6. The largest absolute Gasteiger partial charge is 0.506 e. The maximum atomic E-state index is 9.58. The fraction of sp³-hybridized carbons (Fsp3) is 0. The lowest BCUT2D eigenvalue weighted by atomic mass is 10.0. The van der Waals surface area contributed by atoms with Crippen molar-refractivity contribution in [1.82, 2.24) is 19.9 Å². The Bertz CT molecular complexity index is 1910. The first-order valence-electron chi connectivity index (χ1n) is 12.8. The Labute approximate surface area is 265 Å². The second-order valence-corrected chi connectivity index (χ2v) is 10.7. The van der Waals surface area contributed by atoms with Crippen LogP contribution in [0.5, 0.6) is 11.5 Å². The molecule has 0 aliphatic carbocycles. The SMILES string of the molecule is Nc1cnc(-c2ccccc2)c(-c2ccc(O)c(Cl)c2)n1.Nc1nc(-c2ccc(O)c(Cl)c2)c(-c2ccccc2)nc1Br. The summed E-state index contributed by atoms with van der Waals surface area (Å²) in [6.07, 6.45) is 1.52. The van der Waals surface area contributed by atoms with E-state index in [1.54, 1.807) is 24.3 Å². The Morgan fingerprint density at radius 2 is 1.02 bits per heavy atom. The van der Waals surface area contributed by atoms with Gasteiger partial charge in [-0.05, 0) is 52.3 Å². The van der Waals surface area contributed by atoms with Gasteiger partial charge in [0.05, 0.1) is 39.0 Å². The summed E-state index contributed by atoms with van der Waals surface area (Å²) < 4.78 is 0.486. The highest BCUT2D eigenvalue weighted by Gasteiger charge is 2.16. The molecule has 0 saturated heterocycles. The van der Waals surface area contributed by atoms with Gasteiger partial charge in [-0.1, -0.05) is 83.9 Å². The van der Waals surface area contributed by atoms with Crippen molar-refractivity contribution in [2.24, 2.45) is 0 Å². The molecule has 0 amide bonds. The van der Waals surface area contributed by atoms with Crippen molar-refractivity contribution in [3.8, 4) is 56.5 Å². The minimum atomic E-state index is 0.0183. The maximum absolute atomic E-state index is 9.58. The van der Waals surface area contributed by atoms with Crippen molar-refractivity contribution >= 4 is 50.8 Å². The summed E-state index contributed by atoms with van der Waals surface area (Å²) >= 11 is 15.3. The van der Waals surface area contributed by atoms with Crippen LogP contribution in [0.3, 0.4) is 0 Å². The predicted molar refractivity (Wildman–Crippen MR) is 176 cm³/mol. The molecule has 0 spiro atoms. The molecule has 0 saturated carbocycles. The number of aromatic nitrogens is 4. The molecule has 0 aliphatic rings. The lowest BCUT2D eigenvalue weighted by molar-refractivity contribution is 0.475. The van der Waals surface area contributed by atoms with E-state index >= 15 is 0 Å². The molecule has 2 aromatic heterocycles. The number of hydrogen-bond acceptors (Lipinski definition) is 8. The zero-order valence-corrected chi connectivity index (χ0v) is 25.4. The van der Waals surface area contributed by atoms with E-state index in [-0.39, 0.29) is 21.5 Å². The monoisotopic (exact) mass is 672 g/mol. The summed E-state index contributed by atoms with van der Waals surface area (Å²) in [6, 6.07) is 29.2. The highest BCUT2D eigenvalue weighted by molar-refractivity contribution is 9.10. The first-order valence-corrected chi connectivity index (χ1v) is 14.3. The molecule has 0 bridgehead atoms. The Morgan fingerprint density at radius 3 is 1.53 bits per heavy atom. The van der Waals surface area contributed by atoms with Crippen LogP contribution in [0.4, 0.5) is 11.6 Å². The highest BCUT2D eigenvalue weighted by Crippen LogP contribution is 2.36. The topological polar surface area (TPSA) is 144 Å². The number of rotatable bonds is 4. The van der Waals surface area contributed by atoms with Gasteiger partial charge in [-0.3, -0.25) is 4.98 Å². The first kappa shape index (κ1) is 29.8. The molecule has 214 valence electrons. The number of halogens is 3. The van der Waals surface area contributed by atoms with Crippen molar-refractivity contribution in [1.29, 1.82) is 0 Å². The van der Waals surface area contributed by atoms with E-state index in [1.165, 1.54) is 18.3 Å². The van der Waals surface area contributed by atoms with Crippen molar-refractivity contribution in [3.05, 3.63) is 118 Å². The first-order chi connectivity index (χ1) is 20.7. The molecule has 2 heterocycles. The number of benzene rings is 4. The van der Waals surface area contributed by atoms with E-state index in [0.717, 1.165) is 22.3 Å². The number of hydrogen-bond donors (Lipinski definition) is 4. The minimum absolute atomic E-state index is 0.0183. The van der Waals surface area contributed by atoms with Crippen LogP contribution in [0.1, 0.15) is 0 Å². The number of phenols is 2. The van der Waals surface area contributed by atoms with Crippen molar-refractivity contribution in [3.63, 3.8) is 0 Å². The van der Waals surface area contributed by atoms with Crippen LogP contribution in [0.2, 0.25) is 10.0 Å². The van der Waals surface area contributed by atoms with E-state index in [9.17, 15) is 10.2 Å². The molecule has 0 fully saturated rings. The zero-order valence-electron chi connectivity index (χ0n) is 22.3. The second-order valence-electron chi connectivity index (χ2n) is 9.15. The Hall–Kier alpha value is -4.70. The highest BCUT2D eigenvalue weighted by atomic mass is 79.9. The number of nitrogen functional groups attached to an aromatic ring is 2. The van der Waals surface area contributed by atoms with Gasteiger partial charge in [-0.15, -0.1) is 0 Å².